The van der Waals surface area contributed by atoms with Gasteiger partial charge in [-0.1, -0.05) is 43.2 Å². The van der Waals surface area contributed by atoms with Gasteiger partial charge in [-0.15, -0.1) is 6.58 Å². The maximum absolute atomic E-state index is 3.91. The topological polar surface area (TPSA) is 0 Å². The highest BCUT2D eigenvalue weighted by molar-refractivity contribution is 5.31. The largest absolute Gasteiger partial charge is 0.103 e. The first-order chi connectivity index (χ1) is 7.83. The second-order valence-corrected chi connectivity index (χ2v) is 6.29. The molecule has 1 aliphatic carbocycles. The van der Waals surface area contributed by atoms with Gasteiger partial charge >= 0.3 is 0 Å². The Morgan fingerprint density at radius 3 is 2.00 bits per heavy atom. The molecule has 0 aromatic heterocycles. The fourth-order valence-corrected chi connectivity index (χ4v) is 3.13. The van der Waals surface area contributed by atoms with Gasteiger partial charge in [0.2, 0.25) is 0 Å². The standard InChI is InChI=1S/C17H28/c1-8-14(6)9-16-15(7)17(16,10-12(2)3)11-13(4)5/h8,10-11,14-16H,1,9H2,2-7H3/t14?,15-,16+/m0/s1. The first-order valence-electron chi connectivity index (χ1n) is 6.78. The molecular weight excluding hydrogens is 204 g/mol. The average Bonchev–Trinajstić information content (AvgIpc) is 2.69. The fraction of sp³-hybridized carbons (Fsp3) is 0.647. The van der Waals surface area contributed by atoms with Crippen molar-refractivity contribution in [1.29, 1.82) is 0 Å². The molecule has 1 aliphatic rings. The van der Waals surface area contributed by atoms with Crippen LogP contribution < -0.4 is 0 Å². The van der Waals surface area contributed by atoms with E-state index in [-0.39, 0.29) is 0 Å². The zero-order valence-electron chi connectivity index (χ0n) is 12.4. The van der Waals surface area contributed by atoms with E-state index in [9.17, 15) is 0 Å². The Hall–Kier alpha value is -0.780. The van der Waals surface area contributed by atoms with E-state index >= 15 is 0 Å². The van der Waals surface area contributed by atoms with Crippen LogP contribution in [0.5, 0.6) is 0 Å². The van der Waals surface area contributed by atoms with Crippen molar-refractivity contribution in [2.45, 2.75) is 48.0 Å². The van der Waals surface area contributed by atoms with E-state index < -0.39 is 0 Å². The summed E-state index contributed by atoms with van der Waals surface area (Å²) in [4.78, 5) is 0. The van der Waals surface area contributed by atoms with Crippen LogP contribution in [0.1, 0.15) is 48.0 Å². The quantitative estimate of drug-likeness (QED) is 0.558. The molecule has 0 bridgehead atoms. The molecule has 3 atom stereocenters. The molecule has 0 aliphatic heterocycles. The molecular formula is C17H28. The molecule has 0 heterocycles. The summed E-state index contributed by atoms with van der Waals surface area (Å²) >= 11 is 0. The normalized spacial score (nSPS) is 26.9. The minimum absolute atomic E-state index is 0.328. The summed E-state index contributed by atoms with van der Waals surface area (Å²) in [6.07, 6.45) is 8.30. The lowest BCUT2D eigenvalue weighted by atomic mass is 9.93. The van der Waals surface area contributed by atoms with Crippen LogP contribution in [-0.4, -0.2) is 0 Å². The molecule has 1 saturated carbocycles. The predicted molar refractivity (Wildman–Crippen MR) is 77.9 cm³/mol. The second-order valence-electron chi connectivity index (χ2n) is 6.29. The Labute approximate surface area is 108 Å². The molecule has 17 heavy (non-hydrogen) atoms. The maximum atomic E-state index is 3.91. The number of hydrogen-bond acceptors (Lipinski definition) is 0. The van der Waals surface area contributed by atoms with Crippen molar-refractivity contribution in [2.75, 3.05) is 0 Å². The third-order valence-corrected chi connectivity index (χ3v) is 4.03. The lowest BCUT2D eigenvalue weighted by Crippen LogP contribution is -2.01. The van der Waals surface area contributed by atoms with Crippen molar-refractivity contribution in [3.05, 3.63) is 36.0 Å². The summed E-state index contributed by atoms with van der Waals surface area (Å²) in [6.45, 7) is 17.4. The SMILES string of the molecule is C=CC(C)C[C@@H]1[C@H](C)C1(C=C(C)C)C=C(C)C. The van der Waals surface area contributed by atoms with E-state index in [0.717, 1.165) is 11.8 Å². The molecule has 0 N–H and O–H groups in total. The van der Waals surface area contributed by atoms with Crippen LogP contribution in [-0.2, 0) is 0 Å². The van der Waals surface area contributed by atoms with Gasteiger partial charge in [0.25, 0.3) is 0 Å². The summed E-state index contributed by atoms with van der Waals surface area (Å²) in [7, 11) is 0. The van der Waals surface area contributed by atoms with E-state index in [1.807, 2.05) is 0 Å². The highest BCUT2D eigenvalue weighted by Gasteiger charge is 2.58. The Bertz CT molecular complexity index is 317. The molecule has 0 amide bonds. The van der Waals surface area contributed by atoms with Gasteiger partial charge in [0, 0.05) is 5.41 Å². The van der Waals surface area contributed by atoms with Gasteiger partial charge in [-0.25, -0.2) is 0 Å². The van der Waals surface area contributed by atoms with Crippen molar-refractivity contribution in [2.24, 2.45) is 23.2 Å². The molecule has 0 saturated heterocycles. The Kier molecular flexibility index (Phi) is 4.41. The summed E-state index contributed by atoms with van der Waals surface area (Å²) in [5.74, 6) is 2.19. The Balaban J connectivity index is 2.92. The number of rotatable bonds is 5. The van der Waals surface area contributed by atoms with Gasteiger partial charge in [0.05, 0.1) is 0 Å². The Morgan fingerprint density at radius 2 is 1.65 bits per heavy atom. The van der Waals surface area contributed by atoms with Crippen LogP contribution in [0, 0.1) is 23.2 Å². The van der Waals surface area contributed by atoms with Crippen LogP contribution in [0.4, 0.5) is 0 Å². The zero-order valence-corrected chi connectivity index (χ0v) is 12.4. The molecule has 1 fully saturated rings. The lowest BCUT2D eigenvalue weighted by molar-refractivity contribution is 0.537. The van der Waals surface area contributed by atoms with Crippen LogP contribution in [0.25, 0.3) is 0 Å². The van der Waals surface area contributed by atoms with Gasteiger partial charge in [0.1, 0.15) is 0 Å². The smallest absolute Gasteiger partial charge is 0.0126 e. The van der Waals surface area contributed by atoms with Crippen molar-refractivity contribution < 1.29 is 0 Å². The molecule has 0 heteroatoms. The van der Waals surface area contributed by atoms with Gasteiger partial charge < -0.3 is 0 Å². The zero-order chi connectivity index (χ0) is 13.2. The van der Waals surface area contributed by atoms with E-state index in [4.69, 9.17) is 0 Å². The van der Waals surface area contributed by atoms with Gasteiger partial charge in [-0.2, -0.15) is 0 Å². The van der Waals surface area contributed by atoms with Gasteiger partial charge in [-0.3, -0.25) is 0 Å². The average molecular weight is 232 g/mol. The van der Waals surface area contributed by atoms with Crippen LogP contribution in [0.15, 0.2) is 36.0 Å². The molecule has 0 nitrogen and oxygen atoms in total. The van der Waals surface area contributed by atoms with Crippen molar-refractivity contribution in [3.8, 4) is 0 Å². The molecule has 0 spiro atoms. The lowest BCUT2D eigenvalue weighted by Gasteiger charge is -2.12. The molecule has 0 aromatic carbocycles. The van der Waals surface area contributed by atoms with E-state index in [0.29, 0.717) is 11.3 Å². The Morgan fingerprint density at radius 1 is 1.18 bits per heavy atom. The highest BCUT2D eigenvalue weighted by Crippen LogP contribution is 2.64. The van der Waals surface area contributed by atoms with E-state index in [1.54, 1.807) is 0 Å². The van der Waals surface area contributed by atoms with Crippen LogP contribution in [0.2, 0.25) is 0 Å². The van der Waals surface area contributed by atoms with Crippen LogP contribution in [0.3, 0.4) is 0 Å². The highest BCUT2D eigenvalue weighted by atomic mass is 14.6. The molecule has 0 radical (unpaired) electrons. The number of allylic oxidation sites excluding steroid dienone is 5. The number of hydrogen-bond donors (Lipinski definition) is 0. The van der Waals surface area contributed by atoms with Gasteiger partial charge in [-0.05, 0) is 51.9 Å². The first-order valence-corrected chi connectivity index (χ1v) is 6.78. The van der Waals surface area contributed by atoms with Crippen LogP contribution >= 0.6 is 0 Å². The van der Waals surface area contributed by atoms with E-state index in [2.05, 4.69) is 66.3 Å². The maximum Gasteiger partial charge on any atom is 0.0126 e. The minimum Gasteiger partial charge on any atom is -0.103 e. The van der Waals surface area contributed by atoms with Gasteiger partial charge in [0.15, 0.2) is 0 Å². The summed E-state index contributed by atoms with van der Waals surface area (Å²) < 4.78 is 0. The molecule has 96 valence electrons. The molecule has 0 aromatic rings. The van der Waals surface area contributed by atoms with Crippen molar-refractivity contribution >= 4 is 0 Å². The molecule has 1 rings (SSSR count). The summed E-state index contributed by atoms with van der Waals surface area (Å²) in [5.41, 5.74) is 3.20. The van der Waals surface area contributed by atoms with Crippen molar-refractivity contribution in [3.63, 3.8) is 0 Å². The van der Waals surface area contributed by atoms with E-state index in [1.165, 1.54) is 17.6 Å². The van der Waals surface area contributed by atoms with Crippen molar-refractivity contribution in [1.82, 2.24) is 0 Å². The third-order valence-electron chi connectivity index (χ3n) is 4.03. The second kappa shape index (κ2) is 5.25. The first kappa shape index (κ1) is 14.3. The summed E-state index contributed by atoms with van der Waals surface area (Å²) in [6, 6.07) is 0. The minimum atomic E-state index is 0.328. The predicted octanol–water partition coefficient (Wildman–Crippen LogP) is 5.38. The third kappa shape index (κ3) is 3.12. The monoisotopic (exact) mass is 232 g/mol. The molecule has 1 unspecified atom stereocenters. The fourth-order valence-electron chi connectivity index (χ4n) is 3.13. The summed E-state index contributed by atoms with van der Waals surface area (Å²) in [5, 5.41) is 0.